The fourth-order valence-electron chi connectivity index (χ4n) is 0.632. The van der Waals surface area contributed by atoms with Gasteiger partial charge >= 0.3 is 24.8 Å². The van der Waals surface area contributed by atoms with E-state index in [9.17, 15) is 13.2 Å². The Hall–Kier alpha value is -0.0226. The first kappa shape index (κ1) is 15.4. The Labute approximate surface area is 89.8 Å². The summed E-state index contributed by atoms with van der Waals surface area (Å²) in [6.45, 7) is 1.95. The molecule has 0 bridgehead atoms. The summed E-state index contributed by atoms with van der Waals surface area (Å²) in [5, 5.41) is 0. The van der Waals surface area contributed by atoms with Crippen molar-refractivity contribution in [1.82, 2.24) is 0 Å². The molecular formula is C6H13LiO5S. The van der Waals surface area contributed by atoms with Crippen LogP contribution in [-0.2, 0) is 19.6 Å². The minimum absolute atomic E-state index is 0. The van der Waals surface area contributed by atoms with Gasteiger partial charge in [0.25, 0.3) is 10.1 Å². The van der Waals surface area contributed by atoms with E-state index in [1.807, 2.05) is 0 Å². The molecule has 0 aromatic carbocycles. The number of hydrogen-bond donors (Lipinski definition) is 1. The Morgan fingerprint density at radius 2 is 2.00 bits per heavy atom. The Morgan fingerprint density at radius 1 is 1.46 bits per heavy atom. The average Bonchev–Trinajstić information content (AvgIpc) is 1.84. The second-order valence-corrected chi connectivity index (χ2v) is 3.77. The van der Waals surface area contributed by atoms with Crippen molar-refractivity contribution in [2.45, 2.75) is 19.8 Å². The summed E-state index contributed by atoms with van der Waals surface area (Å²) >= 11 is 0. The predicted octanol–water partition coefficient (Wildman–Crippen LogP) is -0.431. The average molecular weight is 204 g/mol. The first-order valence-electron chi connectivity index (χ1n) is 3.56. The van der Waals surface area contributed by atoms with Crippen LogP contribution in [0.25, 0.3) is 0 Å². The summed E-state index contributed by atoms with van der Waals surface area (Å²) in [5.41, 5.74) is 0. The number of carbonyl (C=O) groups is 1. The van der Waals surface area contributed by atoms with Crippen LogP contribution in [0.4, 0.5) is 0 Å². The van der Waals surface area contributed by atoms with Crippen molar-refractivity contribution in [3.05, 3.63) is 0 Å². The normalized spacial score (nSPS) is 10.3. The minimum atomic E-state index is -3.94. The van der Waals surface area contributed by atoms with Gasteiger partial charge in [0.15, 0.2) is 0 Å². The molecule has 0 aliphatic carbocycles. The van der Waals surface area contributed by atoms with Crippen LogP contribution in [0.5, 0.6) is 0 Å². The van der Waals surface area contributed by atoms with E-state index in [4.69, 9.17) is 4.55 Å². The van der Waals surface area contributed by atoms with Crippen molar-refractivity contribution in [2.24, 2.45) is 0 Å². The third-order valence-corrected chi connectivity index (χ3v) is 1.89. The SMILES string of the molecule is CCOC(=O)CCCS(=O)(=O)O.[LiH]. The van der Waals surface area contributed by atoms with E-state index >= 15 is 0 Å². The zero-order valence-corrected chi connectivity index (χ0v) is 7.63. The fourth-order valence-corrected chi connectivity index (χ4v) is 1.14. The molecule has 0 heterocycles. The van der Waals surface area contributed by atoms with E-state index in [2.05, 4.69) is 4.74 Å². The van der Waals surface area contributed by atoms with E-state index in [1.54, 1.807) is 6.92 Å². The molecule has 0 aromatic heterocycles. The zero-order valence-electron chi connectivity index (χ0n) is 6.82. The second-order valence-electron chi connectivity index (χ2n) is 2.19. The van der Waals surface area contributed by atoms with E-state index in [0.29, 0.717) is 0 Å². The fraction of sp³-hybridized carbons (Fsp3) is 0.833. The van der Waals surface area contributed by atoms with Gasteiger partial charge in [-0.15, -0.1) is 0 Å². The van der Waals surface area contributed by atoms with Gasteiger partial charge in [0.05, 0.1) is 12.4 Å². The van der Waals surface area contributed by atoms with Gasteiger partial charge in [-0.05, 0) is 13.3 Å². The first-order chi connectivity index (χ1) is 5.45. The number of carbonyl (C=O) groups excluding carboxylic acids is 1. The van der Waals surface area contributed by atoms with Gasteiger partial charge in [-0.1, -0.05) is 0 Å². The van der Waals surface area contributed by atoms with Gasteiger partial charge in [-0.3, -0.25) is 9.35 Å². The van der Waals surface area contributed by atoms with E-state index in [1.165, 1.54) is 0 Å². The van der Waals surface area contributed by atoms with Crippen LogP contribution in [0.15, 0.2) is 0 Å². The molecule has 0 radical (unpaired) electrons. The van der Waals surface area contributed by atoms with Crippen LogP contribution in [-0.4, -0.2) is 50.2 Å². The molecule has 0 saturated heterocycles. The molecule has 0 aliphatic rings. The maximum atomic E-state index is 10.6. The zero-order chi connectivity index (χ0) is 9.61. The molecule has 7 heteroatoms. The van der Waals surface area contributed by atoms with Crippen LogP contribution in [0, 0.1) is 0 Å². The number of hydrogen-bond acceptors (Lipinski definition) is 4. The molecule has 0 amide bonds. The van der Waals surface area contributed by atoms with Crippen LogP contribution < -0.4 is 0 Å². The van der Waals surface area contributed by atoms with Gasteiger partial charge in [-0.2, -0.15) is 8.42 Å². The molecule has 0 aromatic rings. The third-order valence-electron chi connectivity index (χ3n) is 1.09. The van der Waals surface area contributed by atoms with Crippen LogP contribution in [0.1, 0.15) is 19.8 Å². The van der Waals surface area contributed by atoms with E-state index < -0.39 is 21.8 Å². The van der Waals surface area contributed by atoms with Crippen LogP contribution in [0.2, 0.25) is 0 Å². The quantitative estimate of drug-likeness (QED) is 0.373. The van der Waals surface area contributed by atoms with Crippen LogP contribution in [0.3, 0.4) is 0 Å². The molecule has 0 aliphatic heterocycles. The first-order valence-corrected chi connectivity index (χ1v) is 5.17. The third kappa shape index (κ3) is 12.0. The van der Waals surface area contributed by atoms with E-state index in [-0.39, 0.29) is 38.3 Å². The Balaban J connectivity index is 0. The number of esters is 1. The number of ether oxygens (including phenoxy) is 1. The van der Waals surface area contributed by atoms with Crippen molar-refractivity contribution < 1.29 is 22.5 Å². The van der Waals surface area contributed by atoms with Gasteiger partial charge in [0, 0.05) is 6.42 Å². The molecule has 0 rings (SSSR count). The molecule has 74 valence electrons. The number of rotatable bonds is 5. The Bertz CT molecular complexity index is 235. The monoisotopic (exact) mass is 204 g/mol. The van der Waals surface area contributed by atoms with Gasteiger partial charge in [0.1, 0.15) is 0 Å². The standard InChI is InChI=1S/C6H12O5S.Li.H/c1-2-11-6(7)4-3-5-12(8,9)10;;/h2-5H2,1H3,(H,8,9,10);;. The van der Waals surface area contributed by atoms with Crippen molar-refractivity contribution in [3.8, 4) is 0 Å². The van der Waals surface area contributed by atoms with Crippen LogP contribution >= 0.6 is 0 Å². The Kier molecular flexibility index (Phi) is 8.78. The summed E-state index contributed by atoms with van der Waals surface area (Å²) in [6.07, 6.45) is 0.116. The molecule has 0 fully saturated rings. The summed E-state index contributed by atoms with van der Waals surface area (Å²) in [5.74, 6) is -0.840. The molecule has 0 spiro atoms. The molecule has 13 heavy (non-hydrogen) atoms. The van der Waals surface area contributed by atoms with Gasteiger partial charge in [-0.25, -0.2) is 0 Å². The van der Waals surface area contributed by atoms with Gasteiger partial charge < -0.3 is 4.74 Å². The molecule has 1 N–H and O–H groups in total. The summed E-state index contributed by atoms with van der Waals surface area (Å²) in [4.78, 5) is 10.6. The summed E-state index contributed by atoms with van der Waals surface area (Å²) in [7, 11) is -3.94. The maximum absolute atomic E-state index is 10.6. The summed E-state index contributed by atoms with van der Waals surface area (Å²) in [6, 6.07) is 0. The molecule has 5 nitrogen and oxygen atoms in total. The van der Waals surface area contributed by atoms with Crippen molar-refractivity contribution in [3.63, 3.8) is 0 Å². The summed E-state index contributed by atoms with van der Waals surface area (Å²) < 4.78 is 33.2. The topological polar surface area (TPSA) is 80.7 Å². The molecular weight excluding hydrogens is 191 g/mol. The van der Waals surface area contributed by atoms with Gasteiger partial charge in [0.2, 0.25) is 0 Å². The molecule has 0 saturated carbocycles. The Morgan fingerprint density at radius 3 is 2.38 bits per heavy atom. The second kappa shape index (κ2) is 7.39. The van der Waals surface area contributed by atoms with Crippen molar-refractivity contribution >= 4 is 34.9 Å². The molecule has 0 unspecified atom stereocenters. The van der Waals surface area contributed by atoms with Crippen molar-refractivity contribution in [1.29, 1.82) is 0 Å². The van der Waals surface area contributed by atoms with Crippen molar-refractivity contribution in [2.75, 3.05) is 12.4 Å². The molecule has 0 atom stereocenters. The van der Waals surface area contributed by atoms with E-state index in [0.717, 1.165) is 0 Å². The predicted molar refractivity (Wildman–Crippen MR) is 49.4 cm³/mol.